The topological polar surface area (TPSA) is 69.7 Å². The van der Waals surface area contributed by atoms with Crippen LogP contribution >= 0.6 is 0 Å². The van der Waals surface area contributed by atoms with Gasteiger partial charge in [0.1, 0.15) is 0 Å². The lowest BCUT2D eigenvalue weighted by molar-refractivity contribution is -0.157. The molecule has 0 aliphatic heterocycles. The van der Waals surface area contributed by atoms with Crippen molar-refractivity contribution in [2.24, 2.45) is 0 Å². The van der Waals surface area contributed by atoms with Crippen LogP contribution < -0.4 is 0 Å². The summed E-state index contributed by atoms with van der Waals surface area (Å²) in [5.41, 5.74) is -0.424. The number of unbranched alkanes of at least 4 members (excludes halogenated alkanes) is 6. The average molecular weight is 336 g/mol. The molecular weight excluding hydrogens is 308 g/mol. The van der Waals surface area contributed by atoms with Gasteiger partial charge >= 0.3 is 5.97 Å². The zero-order valence-electron chi connectivity index (χ0n) is 14.7. The van der Waals surface area contributed by atoms with Gasteiger partial charge in [0.15, 0.2) is 5.60 Å². The molecular formula is C19H28O5. The molecule has 134 valence electrons. The summed E-state index contributed by atoms with van der Waals surface area (Å²) in [5, 5.41) is 0. The molecule has 0 spiro atoms. The van der Waals surface area contributed by atoms with E-state index in [4.69, 9.17) is 4.74 Å². The van der Waals surface area contributed by atoms with Crippen molar-refractivity contribution < 1.29 is 23.9 Å². The van der Waals surface area contributed by atoms with Crippen LogP contribution in [-0.2, 0) is 23.9 Å². The summed E-state index contributed by atoms with van der Waals surface area (Å²) in [6, 6.07) is 0. The first-order valence-corrected chi connectivity index (χ1v) is 8.67. The number of ether oxygens (including phenoxy) is 2. The van der Waals surface area contributed by atoms with Gasteiger partial charge in [-0.15, -0.1) is 0 Å². The molecule has 0 fully saturated rings. The van der Waals surface area contributed by atoms with Crippen LogP contribution in [0.4, 0.5) is 0 Å². The first-order valence-electron chi connectivity index (χ1n) is 8.67. The Morgan fingerprint density at radius 2 is 1.75 bits per heavy atom. The second kappa shape index (κ2) is 10.8. The number of allylic oxidation sites excluding steroid dienone is 2. The fourth-order valence-electron chi connectivity index (χ4n) is 2.83. The number of hydrogen-bond acceptors (Lipinski definition) is 5. The van der Waals surface area contributed by atoms with Gasteiger partial charge in [-0.1, -0.05) is 44.3 Å². The van der Waals surface area contributed by atoms with Crippen molar-refractivity contribution in [3.8, 4) is 0 Å². The minimum atomic E-state index is -1.15. The number of esters is 1. The third-order valence-electron chi connectivity index (χ3n) is 4.09. The highest BCUT2D eigenvalue weighted by molar-refractivity contribution is 6.05. The van der Waals surface area contributed by atoms with Gasteiger partial charge < -0.3 is 9.47 Å². The van der Waals surface area contributed by atoms with Crippen LogP contribution in [0.15, 0.2) is 23.8 Å². The molecule has 0 radical (unpaired) electrons. The van der Waals surface area contributed by atoms with Gasteiger partial charge in [-0.05, 0) is 37.8 Å². The van der Waals surface area contributed by atoms with Gasteiger partial charge in [0.2, 0.25) is 5.78 Å². The van der Waals surface area contributed by atoms with E-state index in [9.17, 15) is 14.4 Å². The molecule has 0 saturated heterocycles. The Kier molecular flexibility index (Phi) is 9.05. The monoisotopic (exact) mass is 336 g/mol. The van der Waals surface area contributed by atoms with Crippen LogP contribution in [0.1, 0.15) is 65.2 Å². The van der Waals surface area contributed by atoms with Crippen molar-refractivity contribution in [2.75, 3.05) is 6.61 Å². The molecule has 0 aromatic heterocycles. The molecule has 24 heavy (non-hydrogen) atoms. The molecule has 0 amide bonds. The van der Waals surface area contributed by atoms with Gasteiger partial charge in [0.05, 0.1) is 6.61 Å². The van der Waals surface area contributed by atoms with Crippen molar-refractivity contribution >= 4 is 18.2 Å². The second-order valence-electron chi connectivity index (χ2n) is 6.27. The van der Waals surface area contributed by atoms with E-state index in [1.807, 2.05) is 6.08 Å². The summed E-state index contributed by atoms with van der Waals surface area (Å²) in [6.45, 7) is 3.95. The lowest BCUT2D eigenvalue weighted by Crippen LogP contribution is -2.40. The molecule has 1 unspecified atom stereocenters. The van der Waals surface area contributed by atoms with E-state index >= 15 is 0 Å². The summed E-state index contributed by atoms with van der Waals surface area (Å²) < 4.78 is 9.81. The fraction of sp³-hybridized carbons (Fsp3) is 0.632. The van der Waals surface area contributed by atoms with E-state index in [1.165, 1.54) is 6.92 Å². The second-order valence-corrected chi connectivity index (χ2v) is 6.27. The zero-order valence-corrected chi connectivity index (χ0v) is 14.7. The zero-order chi connectivity index (χ0) is 17.8. The molecule has 0 aromatic carbocycles. The molecule has 5 nitrogen and oxygen atoms in total. The molecule has 1 aliphatic carbocycles. The maximum absolute atomic E-state index is 12.4. The maximum atomic E-state index is 12.4. The molecule has 1 aliphatic rings. The highest BCUT2D eigenvalue weighted by Crippen LogP contribution is 2.26. The molecule has 5 heteroatoms. The minimum absolute atomic E-state index is 0.115. The molecule has 1 atom stereocenters. The van der Waals surface area contributed by atoms with Crippen LogP contribution in [0, 0.1) is 0 Å². The van der Waals surface area contributed by atoms with E-state index in [1.54, 1.807) is 19.1 Å². The Morgan fingerprint density at radius 1 is 1.12 bits per heavy atom. The Bertz CT molecular complexity index is 492. The Balaban J connectivity index is 2.18. The largest absolute Gasteiger partial charge is 0.468 e. The van der Waals surface area contributed by atoms with E-state index in [-0.39, 0.29) is 5.78 Å². The van der Waals surface area contributed by atoms with Gasteiger partial charge in [-0.2, -0.15) is 0 Å². The predicted octanol–water partition coefficient (Wildman–Crippen LogP) is 3.67. The molecule has 0 heterocycles. The van der Waals surface area contributed by atoms with Crippen LogP contribution in [0.5, 0.6) is 0 Å². The van der Waals surface area contributed by atoms with Crippen molar-refractivity contribution in [3.63, 3.8) is 0 Å². The summed E-state index contributed by atoms with van der Waals surface area (Å²) in [6.07, 6.45) is 13.4. The van der Waals surface area contributed by atoms with Gasteiger partial charge in [-0.3, -0.25) is 14.4 Å². The maximum Gasteiger partial charge on any atom is 0.303 e. The fourth-order valence-corrected chi connectivity index (χ4v) is 2.83. The molecule has 1 rings (SSSR count). The lowest BCUT2D eigenvalue weighted by Gasteiger charge is -2.27. The lowest BCUT2D eigenvalue weighted by atomic mass is 9.87. The van der Waals surface area contributed by atoms with Crippen molar-refractivity contribution in [1.82, 2.24) is 0 Å². The van der Waals surface area contributed by atoms with E-state index in [2.05, 4.69) is 4.74 Å². The molecule has 0 N–H and O–H groups in total. The van der Waals surface area contributed by atoms with Crippen LogP contribution in [0.25, 0.3) is 0 Å². The molecule has 0 aromatic rings. The van der Waals surface area contributed by atoms with Gasteiger partial charge in [0.25, 0.3) is 6.47 Å². The third-order valence-corrected chi connectivity index (χ3v) is 4.09. The third kappa shape index (κ3) is 7.11. The first-order chi connectivity index (χ1) is 11.5. The Labute approximate surface area is 144 Å². The number of Topliss-reactive ketones (excluding diaryl/α,β-unsaturated/α-hetero) is 1. The number of carbonyl (C=O) groups excluding carboxylic acids is 3. The normalized spacial score (nSPS) is 19.8. The van der Waals surface area contributed by atoms with Crippen LogP contribution in [-0.4, -0.2) is 30.4 Å². The Morgan fingerprint density at radius 3 is 2.38 bits per heavy atom. The van der Waals surface area contributed by atoms with E-state index in [0.717, 1.165) is 50.5 Å². The van der Waals surface area contributed by atoms with Crippen LogP contribution in [0.2, 0.25) is 0 Å². The number of carbonyl (C=O) groups is 3. The quantitative estimate of drug-likeness (QED) is 0.309. The van der Waals surface area contributed by atoms with Crippen LogP contribution in [0.3, 0.4) is 0 Å². The summed E-state index contributed by atoms with van der Waals surface area (Å²) in [4.78, 5) is 33.6. The number of ketones is 1. The highest BCUT2D eigenvalue weighted by atomic mass is 16.6. The van der Waals surface area contributed by atoms with Crippen molar-refractivity contribution in [1.29, 1.82) is 0 Å². The highest BCUT2D eigenvalue weighted by Gasteiger charge is 2.37. The van der Waals surface area contributed by atoms with Gasteiger partial charge in [0, 0.05) is 6.92 Å². The van der Waals surface area contributed by atoms with Crippen molar-refractivity contribution in [3.05, 3.63) is 23.8 Å². The molecule has 0 bridgehead atoms. The summed E-state index contributed by atoms with van der Waals surface area (Å²) in [7, 11) is 0. The smallest absolute Gasteiger partial charge is 0.303 e. The standard InChI is InChI=1S/C19H28O5/c1-16(21)24-19(2)13-10-12-17(18(19)22)11-8-6-4-3-5-7-9-14-23-15-20/h10,12-13,15H,3-9,11,14H2,1-2H3. The first kappa shape index (κ1) is 20.1. The summed E-state index contributed by atoms with van der Waals surface area (Å²) in [5.74, 6) is -0.564. The van der Waals surface area contributed by atoms with Gasteiger partial charge in [-0.25, -0.2) is 0 Å². The number of hydrogen-bond donors (Lipinski definition) is 0. The summed E-state index contributed by atoms with van der Waals surface area (Å²) >= 11 is 0. The Hall–Kier alpha value is -1.91. The van der Waals surface area contributed by atoms with E-state index < -0.39 is 11.6 Å². The molecule has 0 saturated carbocycles. The SMILES string of the molecule is CC(=O)OC1(C)C=CC=C(CCCCCCCCCOC=O)C1=O. The predicted molar refractivity (Wildman–Crippen MR) is 91.4 cm³/mol. The average Bonchev–Trinajstić information content (AvgIpc) is 2.52. The van der Waals surface area contributed by atoms with Crippen molar-refractivity contribution in [2.45, 2.75) is 70.8 Å². The van der Waals surface area contributed by atoms with E-state index in [0.29, 0.717) is 19.5 Å². The number of rotatable bonds is 12. The minimum Gasteiger partial charge on any atom is -0.468 e.